The fourth-order valence-corrected chi connectivity index (χ4v) is 6.21. The molecular weight excluding hydrogens is 440 g/mol. The Morgan fingerprint density at radius 1 is 1.06 bits per heavy atom. The molecule has 3 aromatic rings. The Kier molecular flexibility index (Phi) is 5.67. The standard InChI is InChI=1S/C28H34N4O3/c1-28(27(34)29-20-10-3-2-4-11-20)19-31-23-14-6-5-13-22(23)24(30-15-7-8-16-30)25(31)26(33)32(28)18-21-12-9-17-35-21/h5-8,13-16,20-21H,2-4,9-12,17-19H2,1H3,(H,29,34)/t21-,28-/m1/s1. The van der Waals surface area contributed by atoms with E-state index in [-0.39, 0.29) is 24.0 Å². The Morgan fingerprint density at radius 3 is 2.57 bits per heavy atom. The van der Waals surface area contributed by atoms with Gasteiger partial charge in [-0.25, -0.2) is 0 Å². The first-order valence-corrected chi connectivity index (χ1v) is 13.1. The van der Waals surface area contributed by atoms with Crippen LogP contribution >= 0.6 is 0 Å². The zero-order chi connectivity index (χ0) is 24.0. The number of carbonyl (C=O) groups is 2. The third-order valence-corrected chi connectivity index (χ3v) is 8.16. The Bertz CT molecular complexity index is 1230. The van der Waals surface area contributed by atoms with Crippen LogP contribution in [0.4, 0.5) is 0 Å². The van der Waals surface area contributed by atoms with Gasteiger partial charge >= 0.3 is 0 Å². The van der Waals surface area contributed by atoms with Gasteiger partial charge in [0.25, 0.3) is 5.91 Å². The maximum Gasteiger partial charge on any atom is 0.273 e. The molecule has 1 saturated heterocycles. The van der Waals surface area contributed by atoms with Gasteiger partial charge in [0.15, 0.2) is 0 Å². The van der Waals surface area contributed by atoms with Crippen molar-refractivity contribution in [2.24, 2.45) is 0 Å². The second kappa shape index (κ2) is 8.86. The molecule has 0 unspecified atom stereocenters. The van der Waals surface area contributed by atoms with Gasteiger partial charge < -0.3 is 24.1 Å². The van der Waals surface area contributed by atoms with Gasteiger partial charge in [0.05, 0.1) is 23.9 Å². The molecule has 3 aliphatic rings. The first-order chi connectivity index (χ1) is 17.1. The van der Waals surface area contributed by atoms with E-state index in [0.29, 0.717) is 25.4 Å². The summed E-state index contributed by atoms with van der Waals surface area (Å²) in [7, 11) is 0. The molecule has 0 radical (unpaired) electrons. The molecule has 2 atom stereocenters. The molecule has 2 aromatic heterocycles. The van der Waals surface area contributed by atoms with Gasteiger partial charge in [-0.15, -0.1) is 0 Å². The molecule has 1 saturated carbocycles. The second-order valence-electron chi connectivity index (χ2n) is 10.5. The van der Waals surface area contributed by atoms with Gasteiger partial charge in [-0.3, -0.25) is 9.59 Å². The van der Waals surface area contributed by atoms with Gasteiger partial charge in [-0.05, 0) is 50.8 Å². The van der Waals surface area contributed by atoms with Crippen molar-refractivity contribution in [1.82, 2.24) is 19.4 Å². The van der Waals surface area contributed by atoms with Crippen LogP contribution in [0.1, 0.15) is 62.4 Å². The van der Waals surface area contributed by atoms with Crippen molar-refractivity contribution < 1.29 is 14.3 Å². The van der Waals surface area contributed by atoms with Crippen molar-refractivity contribution in [2.75, 3.05) is 13.2 Å². The zero-order valence-electron chi connectivity index (χ0n) is 20.4. The lowest BCUT2D eigenvalue weighted by Crippen LogP contribution is -2.66. The van der Waals surface area contributed by atoms with E-state index in [0.717, 1.165) is 55.1 Å². The molecule has 4 heterocycles. The smallest absolute Gasteiger partial charge is 0.273 e. The fraction of sp³-hybridized carbons (Fsp3) is 0.500. The zero-order valence-corrected chi connectivity index (χ0v) is 20.4. The number of carbonyl (C=O) groups excluding carboxylic acids is 2. The van der Waals surface area contributed by atoms with E-state index in [1.54, 1.807) is 0 Å². The van der Waals surface area contributed by atoms with Crippen LogP contribution in [0.2, 0.25) is 0 Å². The van der Waals surface area contributed by atoms with Gasteiger partial charge in [-0.2, -0.15) is 0 Å². The van der Waals surface area contributed by atoms with E-state index in [2.05, 4.69) is 16.0 Å². The van der Waals surface area contributed by atoms with E-state index in [4.69, 9.17) is 4.74 Å². The number of benzene rings is 1. The third kappa shape index (κ3) is 3.77. The van der Waals surface area contributed by atoms with Crippen LogP contribution in [0.25, 0.3) is 16.6 Å². The highest BCUT2D eigenvalue weighted by Gasteiger charge is 2.50. The molecule has 0 spiro atoms. The maximum absolute atomic E-state index is 14.4. The second-order valence-corrected chi connectivity index (χ2v) is 10.5. The predicted molar refractivity (Wildman–Crippen MR) is 135 cm³/mol. The van der Waals surface area contributed by atoms with E-state index < -0.39 is 5.54 Å². The van der Waals surface area contributed by atoms with E-state index >= 15 is 0 Å². The number of nitrogens with one attached hydrogen (secondary N) is 1. The molecule has 6 rings (SSSR count). The van der Waals surface area contributed by atoms with Crippen LogP contribution in [0.15, 0.2) is 48.8 Å². The van der Waals surface area contributed by atoms with Crippen LogP contribution in [0, 0.1) is 0 Å². The number of ether oxygens (including phenoxy) is 1. The molecule has 1 aromatic carbocycles. The molecule has 2 fully saturated rings. The Morgan fingerprint density at radius 2 is 1.83 bits per heavy atom. The molecule has 1 aliphatic carbocycles. The van der Waals surface area contributed by atoms with Crippen LogP contribution in [-0.4, -0.2) is 56.7 Å². The summed E-state index contributed by atoms with van der Waals surface area (Å²) >= 11 is 0. The van der Waals surface area contributed by atoms with E-state index in [1.807, 2.05) is 59.1 Å². The summed E-state index contributed by atoms with van der Waals surface area (Å²) in [6.07, 6.45) is 11.4. The van der Waals surface area contributed by atoms with Crippen molar-refractivity contribution in [2.45, 2.75) is 76.1 Å². The molecule has 7 nitrogen and oxygen atoms in total. The highest BCUT2D eigenvalue weighted by molar-refractivity contribution is 6.09. The Labute approximate surface area is 206 Å². The van der Waals surface area contributed by atoms with E-state index in [9.17, 15) is 9.59 Å². The summed E-state index contributed by atoms with van der Waals surface area (Å²) in [6.45, 7) is 3.50. The van der Waals surface area contributed by atoms with Crippen molar-refractivity contribution in [3.8, 4) is 5.69 Å². The van der Waals surface area contributed by atoms with Crippen molar-refractivity contribution in [3.63, 3.8) is 0 Å². The highest BCUT2D eigenvalue weighted by Crippen LogP contribution is 2.38. The lowest BCUT2D eigenvalue weighted by molar-refractivity contribution is -0.134. The minimum atomic E-state index is -0.997. The number of aromatic nitrogens is 2. The largest absolute Gasteiger partial charge is 0.376 e. The molecule has 2 aliphatic heterocycles. The normalized spacial score (nSPS) is 25.2. The average Bonchev–Trinajstić information content (AvgIpc) is 3.63. The van der Waals surface area contributed by atoms with Crippen LogP contribution in [-0.2, 0) is 16.1 Å². The van der Waals surface area contributed by atoms with Crippen molar-refractivity contribution in [3.05, 3.63) is 54.5 Å². The topological polar surface area (TPSA) is 68.5 Å². The number of amides is 2. The quantitative estimate of drug-likeness (QED) is 0.600. The fourth-order valence-electron chi connectivity index (χ4n) is 6.21. The summed E-state index contributed by atoms with van der Waals surface area (Å²) in [5.41, 5.74) is 1.50. The van der Waals surface area contributed by atoms with Gasteiger partial charge in [0.2, 0.25) is 5.91 Å². The first-order valence-electron chi connectivity index (χ1n) is 13.1. The van der Waals surface area contributed by atoms with Crippen LogP contribution in [0.5, 0.6) is 0 Å². The summed E-state index contributed by atoms with van der Waals surface area (Å²) in [4.78, 5) is 30.1. The monoisotopic (exact) mass is 474 g/mol. The average molecular weight is 475 g/mol. The number of nitrogens with zero attached hydrogens (tertiary/aromatic N) is 3. The van der Waals surface area contributed by atoms with Crippen LogP contribution in [0.3, 0.4) is 0 Å². The van der Waals surface area contributed by atoms with Gasteiger partial charge in [0, 0.05) is 37.0 Å². The molecule has 35 heavy (non-hydrogen) atoms. The number of para-hydroxylation sites is 1. The molecule has 2 amide bonds. The highest BCUT2D eigenvalue weighted by atomic mass is 16.5. The Hall–Kier alpha value is -3.06. The SMILES string of the molecule is C[C@]1(C(=O)NC2CCCCC2)Cn2c(c(-n3cccc3)c3ccccc32)C(=O)N1C[C@H]1CCCO1. The number of hydrogen-bond donors (Lipinski definition) is 1. The maximum atomic E-state index is 14.4. The first kappa shape index (κ1) is 22.4. The van der Waals surface area contributed by atoms with Crippen molar-refractivity contribution >= 4 is 22.7 Å². The Balaban J connectivity index is 1.46. The van der Waals surface area contributed by atoms with Gasteiger partial charge in [0.1, 0.15) is 11.2 Å². The summed E-state index contributed by atoms with van der Waals surface area (Å²) in [5, 5.41) is 4.34. The molecule has 1 N–H and O–H groups in total. The van der Waals surface area contributed by atoms with Crippen LogP contribution < -0.4 is 5.32 Å². The van der Waals surface area contributed by atoms with E-state index in [1.165, 1.54) is 6.42 Å². The predicted octanol–water partition coefficient (Wildman–Crippen LogP) is 4.27. The molecule has 0 bridgehead atoms. The summed E-state index contributed by atoms with van der Waals surface area (Å²) in [6, 6.07) is 12.2. The lowest BCUT2D eigenvalue weighted by atomic mass is 9.91. The molecule has 7 heteroatoms. The van der Waals surface area contributed by atoms with Crippen molar-refractivity contribution in [1.29, 1.82) is 0 Å². The van der Waals surface area contributed by atoms with Gasteiger partial charge in [-0.1, -0.05) is 37.5 Å². The number of hydrogen-bond acceptors (Lipinski definition) is 3. The molecular formula is C28H34N4O3. The summed E-state index contributed by atoms with van der Waals surface area (Å²) in [5.74, 6) is -0.158. The third-order valence-electron chi connectivity index (χ3n) is 8.16. The summed E-state index contributed by atoms with van der Waals surface area (Å²) < 4.78 is 10.0. The number of fused-ring (bicyclic) bond motifs is 3. The lowest BCUT2D eigenvalue weighted by Gasteiger charge is -2.45. The minimum Gasteiger partial charge on any atom is -0.376 e. The number of rotatable bonds is 5. The molecule has 184 valence electrons. The minimum absolute atomic E-state index is 0.0355.